The van der Waals surface area contributed by atoms with Crippen molar-refractivity contribution in [2.24, 2.45) is 0 Å². The Balaban J connectivity index is 1.85. The molecule has 0 aliphatic carbocycles. The number of hydrogen-bond acceptors (Lipinski definition) is 3. The predicted octanol–water partition coefficient (Wildman–Crippen LogP) is 1.63. The van der Waals surface area contributed by atoms with Gasteiger partial charge in [-0.15, -0.1) is 0 Å². The SMILES string of the molecule is CC1CCN(C(C)C2CCCO2)CCCN1. The molecular formula is C13H26N2O. The summed E-state index contributed by atoms with van der Waals surface area (Å²) in [6, 6.07) is 1.27. The molecule has 2 rings (SSSR count). The van der Waals surface area contributed by atoms with E-state index < -0.39 is 0 Å². The van der Waals surface area contributed by atoms with Crippen LogP contribution in [0.3, 0.4) is 0 Å². The summed E-state index contributed by atoms with van der Waals surface area (Å²) in [7, 11) is 0. The van der Waals surface area contributed by atoms with Crippen LogP contribution in [0.15, 0.2) is 0 Å². The molecule has 2 aliphatic rings. The molecule has 0 radical (unpaired) electrons. The number of rotatable bonds is 2. The fourth-order valence-electron chi connectivity index (χ4n) is 2.83. The van der Waals surface area contributed by atoms with E-state index in [1.807, 2.05) is 0 Å². The summed E-state index contributed by atoms with van der Waals surface area (Å²) in [6.07, 6.45) is 5.52. The Kier molecular flexibility index (Phi) is 4.62. The van der Waals surface area contributed by atoms with E-state index in [4.69, 9.17) is 4.74 Å². The van der Waals surface area contributed by atoms with Crippen molar-refractivity contribution in [3.8, 4) is 0 Å². The summed E-state index contributed by atoms with van der Waals surface area (Å²) in [4.78, 5) is 2.63. The fraction of sp³-hybridized carbons (Fsp3) is 1.00. The first-order chi connectivity index (χ1) is 7.77. The molecule has 2 saturated heterocycles. The van der Waals surface area contributed by atoms with Crippen molar-refractivity contribution in [1.29, 1.82) is 0 Å². The van der Waals surface area contributed by atoms with Gasteiger partial charge in [0.15, 0.2) is 0 Å². The van der Waals surface area contributed by atoms with E-state index in [0.717, 1.165) is 13.2 Å². The third-order valence-corrected chi connectivity index (χ3v) is 4.04. The van der Waals surface area contributed by atoms with Crippen LogP contribution in [0, 0.1) is 0 Å². The zero-order valence-corrected chi connectivity index (χ0v) is 10.7. The van der Waals surface area contributed by atoms with Crippen molar-refractivity contribution < 1.29 is 4.74 Å². The Morgan fingerprint density at radius 1 is 1.25 bits per heavy atom. The molecule has 2 aliphatic heterocycles. The lowest BCUT2D eigenvalue weighted by Crippen LogP contribution is -2.46. The summed E-state index contributed by atoms with van der Waals surface area (Å²) in [6.45, 7) is 9.21. The first-order valence-corrected chi connectivity index (χ1v) is 6.86. The van der Waals surface area contributed by atoms with Gasteiger partial charge in [0.25, 0.3) is 0 Å². The van der Waals surface area contributed by atoms with Gasteiger partial charge in [-0.05, 0) is 59.2 Å². The molecule has 0 bridgehead atoms. The predicted molar refractivity (Wildman–Crippen MR) is 66.7 cm³/mol. The van der Waals surface area contributed by atoms with E-state index in [2.05, 4.69) is 24.1 Å². The molecule has 16 heavy (non-hydrogen) atoms. The summed E-state index contributed by atoms with van der Waals surface area (Å²) in [5.74, 6) is 0. The van der Waals surface area contributed by atoms with Crippen LogP contribution in [0.25, 0.3) is 0 Å². The zero-order valence-electron chi connectivity index (χ0n) is 10.7. The second-order valence-electron chi connectivity index (χ2n) is 5.33. The Morgan fingerprint density at radius 2 is 2.12 bits per heavy atom. The minimum atomic E-state index is 0.489. The third-order valence-electron chi connectivity index (χ3n) is 4.04. The van der Waals surface area contributed by atoms with E-state index in [0.29, 0.717) is 18.2 Å². The van der Waals surface area contributed by atoms with Crippen molar-refractivity contribution >= 4 is 0 Å². The molecule has 3 heteroatoms. The molecular weight excluding hydrogens is 200 g/mol. The van der Waals surface area contributed by atoms with E-state index in [1.54, 1.807) is 0 Å². The standard InChI is InChI=1S/C13H26N2O/c1-11-6-9-15(8-4-7-14-11)12(2)13-5-3-10-16-13/h11-14H,3-10H2,1-2H3. The van der Waals surface area contributed by atoms with Gasteiger partial charge in [-0.2, -0.15) is 0 Å². The van der Waals surface area contributed by atoms with Crippen molar-refractivity contribution in [2.75, 3.05) is 26.2 Å². The molecule has 3 unspecified atom stereocenters. The first-order valence-electron chi connectivity index (χ1n) is 6.86. The Hall–Kier alpha value is -0.120. The molecule has 0 aromatic heterocycles. The number of nitrogens with zero attached hydrogens (tertiary/aromatic N) is 1. The molecule has 0 aromatic carbocycles. The first kappa shape index (κ1) is 12.3. The average molecular weight is 226 g/mol. The normalized spacial score (nSPS) is 35.6. The lowest BCUT2D eigenvalue weighted by molar-refractivity contribution is 0.0275. The molecule has 2 heterocycles. The molecule has 0 spiro atoms. The second-order valence-corrected chi connectivity index (χ2v) is 5.33. The van der Waals surface area contributed by atoms with Gasteiger partial charge >= 0.3 is 0 Å². The molecule has 0 saturated carbocycles. The molecule has 1 N–H and O–H groups in total. The Morgan fingerprint density at radius 3 is 2.88 bits per heavy atom. The van der Waals surface area contributed by atoms with Gasteiger partial charge in [0.2, 0.25) is 0 Å². The highest BCUT2D eigenvalue weighted by Crippen LogP contribution is 2.20. The molecule has 94 valence electrons. The zero-order chi connectivity index (χ0) is 11.4. The topological polar surface area (TPSA) is 24.5 Å². The maximum Gasteiger partial charge on any atom is 0.0728 e. The molecule has 3 atom stereocenters. The van der Waals surface area contributed by atoms with Crippen molar-refractivity contribution in [3.63, 3.8) is 0 Å². The van der Waals surface area contributed by atoms with E-state index in [9.17, 15) is 0 Å². The van der Waals surface area contributed by atoms with Gasteiger partial charge in [0, 0.05) is 18.7 Å². The van der Waals surface area contributed by atoms with Crippen LogP contribution in [0.5, 0.6) is 0 Å². The molecule has 3 nitrogen and oxygen atoms in total. The fourth-order valence-corrected chi connectivity index (χ4v) is 2.83. The minimum absolute atomic E-state index is 0.489. The van der Waals surface area contributed by atoms with Gasteiger partial charge in [0.1, 0.15) is 0 Å². The van der Waals surface area contributed by atoms with Crippen LogP contribution in [0.4, 0.5) is 0 Å². The maximum absolute atomic E-state index is 5.81. The number of ether oxygens (including phenoxy) is 1. The average Bonchev–Trinajstić information content (AvgIpc) is 2.77. The van der Waals surface area contributed by atoms with Crippen LogP contribution in [-0.2, 0) is 4.74 Å². The van der Waals surface area contributed by atoms with E-state index in [-0.39, 0.29) is 0 Å². The third kappa shape index (κ3) is 3.19. The highest BCUT2D eigenvalue weighted by molar-refractivity contribution is 4.81. The Labute approximate surface area is 99.5 Å². The smallest absolute Gasteiger partial charge is 0.0728 e. The maximum atomic E-state index is 5.81. The molecule has 0 amide bonds. The van der Waals surface area contributed by atoms with Crippen molar-refractivity contribution in [3.05, 3.63) is 0 Å². The minimum Gasteiger partial charge on any atom is -0.377 e. The lowest BCUT2D eigenvalue weighted by Gasteiger charge is -2.35. The summed E-state index contributed by atoms with van der Waals surface area (Å²) in [5.41, 5.74) is 0. The van der Waals surface area contributed by atoms with Crippen LogP contribution in [0.1, 0.15) is 39.5 Å². The van der Waals surface area contributed by atoms with Gasteiger partial charge in [-0.1, -0.05) is 0 Å². The van der Waals surface area contributed by atoms with Gasteiger partial charge in [0.05, 0.1) is 6.10 Å². The number of nitrogens with one attached hydrogen (secondary N) is 1. The van der Waals surface area contributed by atoms with Crippen LogP contribution >= 0.6 is 0 Å². The lowest BCUT2D eigenvalue weighted by atomic mass is 10.1. The van der Waals surface area contributed by atoms with Crippen molar-refractivity contribution in [2.45, 2.75) is 57.7 Å². The van der Waals surface area contributed by atoms with E-state index >= 15 is 0 Å². The van der Waals surface area contributed by atoms with Crippen LogP contribution in [-0.4, -0.2) is 49.3 Å². The second kappa shape index (κ2) is 5.99. The Bertz CT molecular complexity index is 204. The molecule has 2 fully saturated rings. The number of hydrogen-bond donors (Lipinski definition) is 1. The summed E-state index contributed by atoms with van der Waals surface area (Å²) < 4.78 is 5.81. The van der Waals surface area contributed by atoms with E-state index in [1.165, 1.54) is 38.8 Å². The monoisotopic (exact) mass is 226 g/mol. The van der Waals surface area contributed by atoms with Crippen LogP contribution < -0.4 is 5.32 Å². The van der Waals surface area contributed by atoms with Gasteiger partial charge in [-0.3, -0.25) is 4.90 Å². The van der Waals surface area contributed by atoms with Gasteiger partial charge in [-0.25, -0.2) is 0 Å². The van der Waals surface area contributed by atoms with Crippen molar-refractivity contribution in [1.82, 2.24) is 10.2 Å². The molecule has 0 aromatic rings. The summed E-state index contributed by atoms with van der Waals surface area (Å²) in [5, 5.41) is 3.56. The largest absolute Gasteiger partial charge is 0.377 e. The quantitative estimate of drug-likeness (QED) is 0.774. The van der Waals surface area contributed by atoms with Gasteiger partial charge < -0.3 is 10.1 Å². The highest BCUT2D eigenvalue weighted by atomic mass is 16.5. The highest BCUT2D eigenvalue weighted by Gasteiger charge is 2.27. The van der Waals surface area contributed by atoms with Crippen LogP contribution in [0.2, 0.25) is 0 Å². The summed E-state index contributed by atoms with van der Waals surface area (Å²) >= 11 is 0.